The predicted octanol–water partition coefficient (Wildman–Crippen LogP) is 0.655. The topological polar surface area (TPSA) is 58.4 Å². The van der Waals surface area contributed by atoms with Crippen molar-refractivity contribution in [2.75, 3.05) is 18.0 Å². The van der Waals surface area contributed by atoms with Gasteiger partial charge in [0.15, 0.2) is 0 Å². The van der Waals surface area contributed by atoms with Crippen LogP contribution in [0.4, 0.5) is 5.69 Å². The van der Waals surface area contributed by atoms with Crippen LogP contribution in [-0.2, 0) is 11.2 Å². The minimum atomic E-state index is 0.112. The first-order valence-electron chi connectivity index (χ1n) is 6.60. The van der Waals surface area contributed by atoms with Crippen LogP contribution in [0.5, 0.6) is 0 Å². The second kappa shape index (κ2) is 4.61. The Kier molecular flexibility index (Phi) is 2.96. The molecule has 1 aromatic carbocycles. The highest BCUT2D eigenvalue weighted by molar-refractivity contribution is 5.82. The normalized spacial score (nSPS) is 22.5. The Labute approximate surface area is 107 Å². The van der Waals surface area contributed by atoms with Crippen LogP contribution in [0.1, 0.15) is 18.4 Å². The van der Waals surface area contributed by atoms with Crippen molar-refractivity contribution in [1.29, 1.82) is 0 Å². The molecule has 3 rings (SSSR count). The minimum absolute atomic E-state index is 0.112. The number of benzene rings is 1. The number of hydrogen-bond donors (Lipinski definition) is 2. The van der Waals surface area contributed by atoms with Gasteiger partial charge in [0.05, 0.1) is 6.54 Å². The van der Waals surface area contributed by atoms with Gasteiger partial charge in [-0.1, -0.05) is 18.2 Å². The fraction of sp³-hybridized carbons (Fsp3) is 0.500. The van der Waals surface area contributed by atoms with E-state index in [0.717, 1.165) is 31.5 Å². The number of nitrogens with zero attached hydrogens (tertiary/aromatic N) is 1. The van der Waals surface area contributed by atoms with Crippen molar-refractivity contribution in [2.24, 2.45) is 5.73 Å². The zero-order valence-electron chi connectivity index (χ0n) is 10.4. The summed E-state index contributed by atoms with van der Waals surface area (Å²) in [6.07, 6.45) is 3.15. The lowest BCUT2D eigenvalue weighted by Gasteiger charge is -2.34. The van der Waals surface area contributed by atoms with Crippen LogP contribution in [0.2, 0.25) is 0 Å². The smallest absolute Gasteiger partial charge is 0.239 e. The number of amides is 1. The largest absolute Gasteiger partial charge is 0.360 e. The molecule has 4 nitrogen and oxygen atoms in total. The highest BCUT2D eigenvalue weighted by atomic mass is 16.2. The van der Waals surface area contributed by atoms with E-state index in [1.165, 1.54) is 5.56 Å². The summed E-state index contributed by atoms with van der Waals surface area (Å²) in [4.78, 5) is 14.0. The van der Waals surface area contributed by atoms with Gasteiger partial charge >= 0.3 is 0 Å². The number of nitrogens with two attached hydrogens (primary N) is 1. The molecule has 4 heteroatoms. The highest BCUT2D eigenvalue weighted by Gasteiger charge is 2.26. The molecule has 3 N–H and O–H groups in total. The molecule has 0 bridgehead atoms. The van der Waals surface area contributed by atoms with Gasteiger partial charge in [-0.25, -0.2) is 0 Å². The number of carbonyl (C=O) groups excluding carboxylic acids is 1. The molecule has 96 valence electrons. The minimum Gasteiger partial charge on any atom is -0.360 e. The van der Waals surface area contributed by atoms with E-state index in [2.05, 4.69) is 22.3 Å². The molecule has 1 amide bonds. The molecule has 0 radical (unpaired) electrons. The van der Waals surface area contributed by atoms with Gasteiger partial charge in [-0.2, -0.15) is 0 Å². The lowest BCUT2D eigenvalue weighted by Crippen LogP contribution is -2.47. The molecule has 1 unspecified atom stereocenters. The second-order valence-corrected chi connectivity index (χ2v) is 5.32. The molecule has 18 heavy (non-hydrogen) atoms. The Morgan fingerprint density at radius 2 is 2.17 bits per heavy atom. The SMILES string of the molecule is NC1Cc2ccccc2N(CC(=O)NC2CC2)C1. The Morgan fingerprint density at radius 3 is 2.94 bits per heavy atom. The molecule has 0 saturated heterocycles. The van der Waals surface area contributed by atoms with E-state index in [1.807, 2.05) is 12.1 Å². The van der Waals surface area contributed by atoms with E-state index >= 15 is 0 Å². The maximum atomic E-state index is 11.9. The van der Waals surface area contributed by atoms with Crippen molar-refractivity contribution in [1.82, 2.24) is 5.32 Å². The van der Waals surface area contributed by atoms with Gasteiger partial charge in [-0.05, 0) is 30.9 Å². The molecule has 1 aromatic rings. The van der Waals surface area contributed by atoms with Crippen LogP contribution in [0.3, 0.4) is 0 Å². The third-order valence-electron chi connectivity index (χ3n) is 3.55. The summed E-state index contributed by atoms with van der Waals surface area (Å²) in [6, 6.07) is 8.76. The quantitative estimate of drug-likeness (QED) is 0.822. The van der Waals surface area contributed by atoms with Crippen molar-refractivity contribution < 1.29 is 4.79 Å². The van der Waals surface area contributed by atoms with Crippen LogP contribution in [0.25, 0.3) is 0 Å². The third-order valence-corrected chi connectivity index (χ3v) is 3.55. The molecule has 1 aliphatic heterocycles. The van der Waals surface area contributed by atoms with Gasteiger partial charge in [-0.3, -0.25) is 4.79 Å². The van der Waals surface area contributed by atoms with E-state index in [4.69, 9.17) is 5.73 Å². The number of para-hydroxylation sites is 1. The molecular weight excluding hydrogens is 226 g/mol. The van der Waals surface area contributed by atoms with Crippen LogP contribution in [0, 0.1) is 0 Å². The van der Waals surface area contributed by atoms with E-state index in [0.29, 0.717) is 12.6 Å². The maximum Gasteiger partial charge on any atom is 0.239 e. The Balaban J connectivity index is 1.72. The standard InChI is InChI=1S/C14H19N3O/c15-11-7-10-3-1-2-4-13(10)17(8-11)9-14(18)16-12-5-6-12/h1-4,11-12H,5-9,15H2,(H,16,18). The molecule has 0 spiro atoms. The van der Waals surface area contributed by atoms with Gasteiger partial charge in [0, 0.05) is 24.3 Å². The summed E-state index contributed by atoms with van der Waals surface area (Å²) in [7, 11) is 0. The molecule has 2 aliphatic rings. The van der Waals surface area contributed by atoms with E-state index in [-0.39, 0.29) is 11.9 Å². The molecule has 1 fully saturated rings. The van der Waals surface area contributed by atoms with Crippen molar-refractivity contribution in [3.63, 3.8) is 0 Å². The summed E-state index contributed by atoms with van der Waals surface area (Å²) in [6.45, 7) is 1.18. The van der Waals surface area contributed by atoms with Crippen LogP contribution < -0.4 is 16.0 Å². The molecule has 1 atom stereocenters. The van der Waals surface area contributed by atoms with Crippen LogP contribution >= 0.6 is 0 Å². The summed E-state index contributed by atoms with van der Waals surface area (Å²) >= 11 is 0. The lowest BCUT2D eigenvalue weighted by molar-refractivity contribution is -0.119. The second-order valence-electron chi connectivity index (χ2n) is 5.32. The van der Waals surface area contributed by atoms with Crippen molar-refractivity contribution in [3.05, 3.63) is 29.8 Å². The average Bonchev–Trinajstić information content (AvgIpc) is 3.12. The predicted molar refractivity (Wildman–Crippen MR) is 71.5 cm³/mol. The molecule has 0 aromatic heterocycles. The number of hydrogen-bond acceptors (Lipinski definition) is 3. The fourth-order valence-electron chi connectivity index (χ4n) is 2.54. The van der Waals surface area contributed by atoms with E-state index < -0.39 is 0 Å². The van der Waals surface area contributed by atoms with E-state index in [1.54, 1.807) is 0 Å². The van der Waals surface area contributed by atoms with Crippen LogP contribution in [-0.4, -0.2) is 31.1 Å². The highest BCUT2D eigenvalue weighted by Crippen LogP contribution is 2.26. The first-order chi connectivity index (χ1) is 8.72. The number of rotatable bonds is 3. The van der Waals surface area contributed by atoms with Gasteiger partial charge < -0.3 is 16.0 Å². The van der Waals surface area contributed by atoms with Gasteiger partial charge in [0.2, 0.25) is 5.91 Å². The lowest BCUT2D eigenvalue weighted by atomic mass is 9.98. The molecule has 1 saturated carbocycles. The zero-order chi connectivity index (χ0) is 12.5. The first kappa shape index (κ1) is 11.5. The summed E-state index contributed by atoms with van der Waals surface area (Å²) in [5.74, 6) is 0.112. The molecular formula is C14H19N3O. The Bertz CT molecular complexity index is 456. The number of carbonyl (C=O) groups is 1. The molecule has 1 heterocycles. The number of nitrogens with one attached hydrogen (secondary N) is 1. The zero-order valence-corrected chi connectivity index (χ0v) is 10.4. The monoisotopic (exact) mass is 245 g/mol. The summed E-state index contributed by atoms with van der Waals surface area (Å²) < 4.78 is 0. The van der Waals surface area contributed by atoms with Crippen molar-refractivity contribution in [3.8, 4) is 0 Å². The molecule has 1 aliphatic carbocycles. The summed E-state index contributed by atoms with van der Waals surface area (Å²) in [5.41, 5.74) is 8.46. The average molecular weight is 245 g/mol. The Morgan fingerprint density at radius 1 is 1.39 bits per heavy atom. The fourth-order valence-corrected chi connectivity index (χ4v) is 2.54. The number of anilines is 1. The van der Waals surface area contributed by atoms with Gasteiger partial charge in [0.25, 0.3) is 0 Å². The van der Waals surface area contributed by atoms with Gasteiger partial charge in [0.1, 0.15) is 0 Å². The van der Waals surface area contributed by atoms with Crippen LogP contribution in [0.15, 0.2) is 24.3 Å². The van der Waals surface area contributed by atoms with E-state index in [9.17, 15) is 4.79 Å². The number of fused-ring (bicyclic) bond motifs is 1. The van der Waals surface area contributed by atoms with Gasteiger partial charge in [-0.15, -0.1) is 0 Å². The third kappa shape index (κ3) is 2.48. The van der Waals surface area contributed by atoms with Crippen molar-refractivity contribution in [2.45, 2.75) is 31.3 Å². The first-order valence-corrected chi connectivity index (χ1v) is 6.60. The Hall–Kier alpha value is -1.55. The van der Waals surface area contributed by atoms with Crippen molar-refractivity contribution >= 4 is 11.6 Å². The maximum absolute atomic E-state index is 11.9. The summed E-state index contributed by atoms with van der Waals surface area (Å²) in [5, 5.41) is 3.03.